The maximum atomic E-state index is 12.9. The average Bonchev–Trinajstić information content (AvgIpc) is 2.52. The van der Waals surface area contributed by atoms with Crippen LogP contribution in [0.3, 0.4) is 0 Å². The van der Waals surface area contributed by atoms with Crippen LogP contribution in [0.5, 0.6) is 0 Å². The molecule has 1 amide bonds. The summed E-state index contributed by atoms with van der Waals surface area (Å²) in [5.74, 6) is -2.51. The third-order valence-electron chi connectivity index (χ3n) is 3.88. The number of halogens is 6. The molecule has 0 aliphatic carbocycles. The second-order valence-corrected chi connectivity index (χ2v) is 5.64. The normalized spacial score (nSPS) is 19.0. The molecule has 2 rings (SSSR count). The summed E-state index contributed by atoms with van der Waals surface area (Å²) in [6.45, 7) is -0.0482. The molecule has 1 atom stereocenters. The fraction of sp³-hybridized carbons (Fsp3) is 0.467. The predicted molar refractivity (Wildman–Crippen MR) is 72.8 cm³/mol. The van der Waals surface area contributed by atoms with Gasteiger partial charge in [-0.1, -0.05) is 0 Å². The van der Waals surface area contributed by atoms with E-state index in [1.807, 2.05) is 0 Å². The Bertz CT molecular complexity index is 651. The summed E-state index contributed by atoms with van der Waals surface area (Å²) in [6.07, 6.45) is -9.15. The Labute approximate surface area is 138 Å². The summed E-state index contributed by atoms with van der Waals surface area (Å²) >= 11 is 0. The van der Waals surface area contributed by atoms with Gasteiger partial charge in [-0.25, -0.2) is 4.79 Å². The quantitative estimate of drug-likeness (QED) is 0.807. The van der Waals surface area contributed by atoms with E-state index in [0.29, 0.717) is 25.0 Å². The fourth-order valence-electron chi connectivity index (χ4n) is 2.68. The lowest BCUT2D eigenvalue weighted by Gasteiger charge is -2.33. The van der Waals surface area contributed by atoms with Gasteiger partial charge in [0, 0.05) is 12.1 Å². The van der Waals surface area contributed by atoms with Gasteiger partial charge in [-0.15, -0.1) is 0 Å². The van der Waals surface area contributed by atoms with E-state index in [1.165, 1.54) is 0 Å². The summed E-state index contributed by atoms with van der Waals surface area (Å²) in [5.41, 5.74) is -4.07. The van der Waals surface area contributed by atoms with Gasteiger partial charge in [0.1, 0.15) is 6.04 Å². The average molecular weight is 369 g/mol. The van der Waals surface area contributed by atoms with Crippen molar-refractivity contribution < 1.29 is 41.0 Å². The van der Waals surface area contributed by atoms with Crippen LogP contribution in [0.15, 0.2) is 18.2 Å². The highest BCUT2D eigenvalue weighted by Gasteiger charge is 2.39. The number of carboxylic acids is 1. The molecule has 1 N–H and O–H groups in total. The van der Waals surface area contributed by atoms with Crippen LogP contribution in [0.1, 0.15) is 40.7 Å². The molecule has 1 aliphatic heterocycles. The number of aliphatic carboxylic acids is 1. The summed E-state index contributed by atoms with van der Waals surface area (Å²) in [6, 6.07) is -0.734. The van der Waals surface area contributed by atoms with Gasteiger partial charge in [-0.3, -0.25) is 4.79 Å². The van der Waals surface area contributed by atoms with Gasteiger partial charge in [0.05, 0.1) is 11.1 Å². The van der Waals surface area contributed by atoms with Crippen LogP contribution in [0, 0.1) is 0 Å². The van der Waals surface area contributed by atoms with Gasteiger partial charge in [0.15, 0.2) is 0 Å². The molecule has 0 radical (unpaired) electrons. The number of alkyl halides is 6. The van der Waals surface area contributed by atoms with Gasteiger partial charge in [0.25, 0.3) is 5.91 Å². The van der Waals surface area contributed by atoms with Gasteiger partial charge in [-0.05, 0) is 37.5 Å². The molecule has 138 valence electrons. The van der Waals surface area contributed by atoms with Crippen molar-refractivity contribution in [3.63, 3.8) is 0 Å². The lowest BCUT2D eigenvalue weighted by molar-refractivity contribution is -0.144. The molecule has 0 aromatic heterocycles. The van der Waals surface area contributed by atoms with E-state index in [9.17, 15) is 35.9 Å². The molecule has 10 heteroatoms. The van der Waals surface area contributed by atoms with Crippen molar-refractivity contribution in [2.24, 2.45) is 0 Å². The van der Waals surface area contributed by atoms with E-state index < -0.39 is 47.0 Å². The van der Waals surface area contributed by atoms with Crippen LogP contribution in [0.4, 0.5) is 26.3 Å². The number of carboxylic acid groups (broad SMARTS) is 1. The van der Waals surface area contributed by atoms with Crippen molar-refractivity contribution in [1.29, 1.82) is 0 Å². The Kier molecular flexibility index (Phi) is 5.01. The second-order valence-electron chi connectivity index (χ2n) is 5.64. The minimum absolute atomic E-state index is 0.0482. The minimum atomic E-state index is -5.08. The maximum absolute atomic E-state index is 12.9. The Morgan fingerprint density at radius 3 is 1.92 bits per heavy atom. The zero-order valence-corrected chi connectivity index (χ0v) is 12.6. The second kappa shape index (κ2) is 6.57. The Hall–Kier alpha value is -2.26. The largest absolute Gasteiger partial charge is 0.480 e. The van der Waals surface area contributed by atoms with Crippen molar-refractivity contribution in [3.05, 3.63) is 34.9 Å². The molecular weight excluding hydrogens is 356 g/mol. The molecule has 4 nitrogen and oxygen atoms in total. The zero-order valence-electron chi connectivity index (χ0n) is 12.6. The third kappa shape index (κ3) is 4.23. The first-order valence-electron chi connectivity index (χ1n) is 7.24. The van der Waals surface area contributed by atoms with Gasteiger partial charge >= 0.3 is 18.3 Å². The number of nitrogens with zero attached hydrogens (tertiary/aromatic N) is 1. The monoisotopic (exact) mass is 369 g/mol. The van der Waals surface area contributed by atoms with E-state index >= 15 is 0 Å². The smallest absolute Gasteiger partial charge is 0.416 e. The highest BCUT2D eigenvalue weighted by Crippen LogP contribution is 2.36. The van der Waals surface area contributed by atoms with Crippen LogP contribution in [0.2, 0.25) is 0 Å². The molecule has 0 bridgehead atoms. The molecule has 1 aliphatic rings. The molecule has 0 spiro atoms. The first kappa shape index (κ1) is 19.1. The number of piperidine rings is 1. The van der Waals surface area contributed by atoms with Crippen molar-refractivity contribution in [3.8, 4) is 0 Å². The highest BCUT2D eigenvalue weighted by atomic mass is 19.4. The lowest BCUT2D eigenvalue weighted by Crippen LogP contribution is -2.48. The number of rotatable bonds is 2. The summed E-state index contributed by atoms with van der Waals surface area (Å²) in [5, 5.41) is 9.12. The standard InChI is InChI=1S/C15H13F6NO3/c16-14(17,18)9-5-8(6-10(7-9)15(19,20)21)12(23)22-4-2-1-3-11(22)13(24)25/h5-7,11H,1-4H2,(H,24,25)/t11-/m1/s1. The summed E-state index contributed by atoms with van der Waals surface area (Å²) in [4.78, 5) is 24.4. The van der Waals surface area contributed by atoms with E-state index in [4.69, 9.17) is 5.11 Å². The van der Waals surface area contributed by atoms with E-state index in [1.54, 1.807) is 0 Å². The van der Waals surface area contributed by atoms with Crippen LogP contribution in [-0.2, 0) is 17.1 Å². The van der Waals surface area contributed by atoms with E-state index in [-0.39, 0.29) is 19.0 Å². The van der Waals surface area contributed by atoms with Gasteiger partial charge in [0.2, 0.25) is 0 Å². The van der Waals surface area contributed by atoms with Crippen molar-refractivity contribution in [2.45, 2.75) is 37.7 Å². The number of hydrogen-bond acceptors (Lipinski definition) is 2. The molecule has 0 unspecified atom stereocenters. The number of carbonyl (C=O) groups is 2. The number of amides is 1. The molecule has 1 fully saturated rings. The number of carbonyl (C=O) groups excluding carboxylic acids is 1. The Balaban J connectivity index is 2.49. The topological polar surface area (TPSA) is 57.6 Å². The third-order valence-corrected chi connectivity index (χ3v) is 3.88. The van der Waals surface area contributed by atoms with Crippen LogP contribution in [-0.4, -0.2) is 34.5 Å². The molecule has 1 aromatic rings. The Morgan fingerprint density at radius 1 is 0.960 bits per heavy atom. The van der Waals surface area contributed by atoms with Gasteiger partial charge < -0.3 is 10.0 Å². The maximum Gasteiger partial charge on any atom is 0.416 e. The first-order valence-corrected chi connectivity index (χ1v) is 7.24. The van der Waals surface area contributed by atoms with Crippen LogP contribution < -0.4 is 0 Å². The van der Waals surface area contributed by atoms with Crippen molar-refractivity contribution in [1.82, 2.24) is 4.90 Å². The molecule has 0 saturated carbocycles. The molecule has 1 saturated heterocycles. The number of hydrogen-bond donors (Lipinski definition) is 1. The summed E-state index contributed by atoms with van der Waals surface area (Å²) in [7, 11) is 0. The molecule has 1 heterocycles. The summed E-state index contributed by atoms with van der Waals surface area (Å²) < 4.78 is 77.2. The predicted octanol–water partition coefficient (Wildman–Crippen LogP) is 3.80. The molecule has 1 aromatic carbocycles. The number of likely N-dealkylation sites (tertiary alicyclic amines) is 1. The molecule has 25 heavy (non-hydrogen) atoms. The van der Waals surface area contributed by atoms with Crippen LogP contribution in [0.25, 0.3) is 0 Å². The van der Waals surface area contributed by atoms with E-state index in [0.717, 1.165) is 4.90 Å². The SMILES string of the molecule is O=C(O)[C@H]1CCCCN1C(=O)c1cc(C(F)(F)F)cc(C(F)(F)F)c1. The Morgan fingerprint density at radius 2 is 1.48 bits per heavy atom. The minimum Gasteiger partial charge on any atom is -0.480 e. The highest BCUT2D eigenvalue weighted by molar-refractivity contribution is 5.97. The lowest BCUT2D eigenvalue weighted by atomic mass is 9.99. The van der Waals surface area contributed by atoms with E-state index in [2.05, 4.69) is 0 Å². The zero-order chi connectivity index (χ0) is 19.0. The fourth-order valence-corrected chi connectivity index (χ4v) is 2.68. The van der Waals surface area contributed by atoms with Gasteiger partial charge in [-0.2, -0.15) is 26.3 Å². The van der Waals surface area contributed by atoms with Crippen molar-refractivity contribution >= 4 is 11.9 Å². The number of benzene rings is 1. The van der Waals surface area contributed by atoms with Crippen molar-refractivity contribution in [2.75, 3.05) is 6.54 Å². The van der Waals surface area contributed by atoms with Crippen LogP contribution >= 0.6 is 0 Å². The first-order chi connectivity index (χ1) is 11.4. The molecular formula is C15H13F6NO3.